The lowest BCUT2D eigenvalue weighted by molar-refractivity contribution is -0.385. The van der Waals surface area contributed by atoms with Crippen LogP contribution in [0.25, 0.3) is 0 Å². The van der Waals surface area contributed by atoms with Crippen LogP contribution in [0.1, 0.15) is 61.9 Å². The number of nitrogens with zero attached hydrogens (tertiary/aromatic N) is 2. The summed E-state index contributed by atoms with van der Waals surface area (Å²) in [6, 6.07) is 7.31. The summed E-state index contributed by atoms with van der Waals surface area (Å²) >= 11 is 5.72. The third-order valence-electron chi connectivity index (χ3n) is 6.63. The van der Waals surface area contributed by atoms with Crippen LogP contribution in [0.5, 0.6) is 11.5 Å². The van der Waals surface area contributed by atoms with E-state index >= 15 is 0 Å². The highest BCUT2D eigenvalue weighted by Gasteiger charge is 2.36. The van der Waals surface area contributed by atoms with Gasteiger partial charge in [0, 0.05) is 29.9 Å². The van der Waals surface area contributed by atoms with Gasteiger partial charge in [-0.1, -0.05) is 16.8 Å². The molecule has 0 radical (unpaired) electrons. The van der Waals surface area contributed by atoms with Gasteiger partial charge in [0.15, 0.2) is 21.4 Å². The molecule has 1 heterocycles. The van der Waals surface area contributed by atoms with Crippen molar-refractivity contribution in [2.75, 3.05) is 6.26 Å². The van der Waals surface area contributed by atoms with Crippen molar-refractivity contribution in [1.82, 2.24) is 5.16 Å². The molecule has 3 aromatic carbocycles. The molecule has 0 bridgehead atoms. The van der Waals surface area contributed by atoms with Crippen LogP contribution in [0.4, 0.5) is 32.0 Å². The second-order valence-electron chi connectivity index (χ2n) is 10.2. The zero-order valence-electron chi connectivity index (χ0n) is 23.9. The predicted octanol–water partition coefficient (Wildman–Crippen LogP) is 7.96. The minimum absolute atomic E-state index is 0.0441. The molecular weight excluding hydrogens is 702 g/mol. The Hall–Kier alpha value is -4.97. The van der Waals surface area contributed by atoms with Crippen LogP contribution in [0.2, 0.25) is 5.02 Å². The number of sulfone groups is 1. The van der Waals surface area contributed by atoms with Gasteiger partial charge in [-0.2, -0.15) is 26.3 Å². The molecule has 254 valence electrons. The number of benzene rings is 3. The lowest BCUT2D eigenvalue weighted by Gasteiger charge is -2.11. The van der Waals surface area contributed by atoms with E-state index in [2.05, 4.69) is 5.16 Å². The van der Waals surface area contributed by atoms with Gasteiger partial charge in [-0.15, -0.1) is 0 Å². The van der Waals surface area contributed by atoms with Gasteiger partial charge in [0.05, 0.1) is 37.7 Å². The van der Waals surface area contributed by atoms with Crippen molar-refractivity contribution in [3.63, 3.8) is 0 Å². The molecule has 0 amide bonds. The molecule has 48 heavy (non-hydrogen) atoms. The predicted molar refractivity (Wildman–Crippen MR) is 153 cm³/mol. The van der Waals surface area contributed by atoms with Crippen molar-refractivity contribution < 1.29 is 63.6 Å². The van der Waals surface area contributed by atoms with Gasteiger partial charge in [0.25, 0.3) is 5.69 Å². The van der Waals surface area contributed by atoms with Crippen LogP contribution in [0.15, 0.2) is 70.2 Å². The van der Waals surface area contributed by atoms with Crippen LogP contribution in [0.3, 0.4) is 0 Å². The van der Waals surface area contributed by atoms with Gasteiger partial charge in [-0.3, -0.25) is 14.9 Å². The number of carboxylic acids is 1. The second-order valence-corrected chi connectivity index (χ2v) is 12.6. The number of carbonyl (C=O) groups excluding carboxylic acids is 1. The number of ether oxygens (including phenoxy) is 1. The van der Waals surface area contributed by atoms with E-state index in [1.54, 1.807) is 0 Å². The maximum atomic E-state index is 12.8. The van der Waals surface area contributed by atoms with Gasteiger partial charge in [-0.05, 0) is 55.3 Å². The number of halogens is 7. The number of nitro benzene ring substituents is 1. The molecule has 0 aliphatic heterocycles. The summed E-state index contributed by atoms with van der Waals surface area (Å²) in [7, 11) is -4.04. The first-order valence-electron chi connectivity index (χ1n) is 13.2. The second kappa shape index (κ2) is 13.3. The number of aromatic nitrogens is 1. The molecule has 11 nitrogen and oxygen atoms in total. The number of nitro groups is 1. The molecule has 1 saturated carbocycles. The molecule has 1 aliphatic rings. The summed E-state index contributed by atoms with van der Waals surface area (Å²) < 4.78 is 110. The molecule has 1 fully saturated rings. The van der Waals surface area contributed by atoms with Gasteiger partial charge in [0.1, 0.15) is 17.1 Å². The van der Waals surface area contributed by atoms with E-state index in [1.165, 1.54) is 6.20 Å². The highest BCUT2D eigenvalue weighted by molar-refractivity contribution is 7.90. The molecule has 1 N–H and O–H groups in total. The third-order valence-corrected chi connectivity index (χ3v) is 8.06. The quantitative estimate of drug-likeness (QED) is 0.0816. The van der Waals surface area contributed by atoms with Crippen LogP contribution in [0, 0.1) is 10.1 Å². The number of carboxylic acid groups (broad SMARTS) is 1. The topological polar surface area (TPSA) is 167 Å². The van der Waals surface area contributed by atoms with Gasteiger partial charge < -0.3 is 14.4 Å². The summed E-state index contributed by atoms with van der Waals surface area (Å²) in [5.74, 6) is -2.16. The first-order valence-corrected chi connectivity index (χ1v) is 15.4. The number of rotatable bonds is 8. The number of alkyl halides is 6. The fourth-order valence-corrected chi connectivity index (χ4v) is 5.31. The normalized spacial score (nSPS) is 13.3. The van der Waals surface area contributed by atoms with E-state index in [4.69, 9.17) is 26.0 Å². The fourth-order valence-electron chi connectivity index (χ4n) is 4.19. The first kappa shape index (κ1) is 35.9. The molecule has 1 aromatic heterocycles. The molecule has 19 heteroatoms. The summed E-state index contributed by atoms with van der Waals surface area (Å²) in [6.07, 6.45) is -5.72. The SMILES string of the molecule is CS(=O)(=O)c1cc(C(F)(F)F)ccc1C(=O)c1cnoc1C1CC1.O=C(O)c1cc(Oc2ccc(C(F)(F)F)cc2Cl)ccc1[N+](=O)[O-]. The van der Waals surface area contributed by atoms with E-state index in [9.17, 15) is 54.5 Å². The molecule has 0 saturated heterocycles. The monoisotopic (exact) mass is 720 g/mol. The number of hydrogen-bond donors (Lipinski definition) is 1. The van der Waals surface area contributed by atoms with Crippen molar-refractivity contribution >= 4 is 38.9 Å². The van der Waals surface area contributed by atoms with Crippen molar-refractivity contribution in [2.24, 2.45) is 0 Å². The van der Waals surface area contributed by atoms with Crippen molar-refractivity contribution in [2.45, 2.75) is 36.0 Å². The first-order chi connectivity index (χ1) is 22.2. The molecule has 0 atom stereocenters. The molecule has 0 unspecified atom stereocenters. The Labute approximate surface area is 270 Å². The Kier molecular flexibility index (Phi) is 9.92. The van der Waals surface area contributed by atoms with Crippen molar-refractivity contribution in [3.05, 3.63) is 110 Å². The smallest absolute Gasteiger partial charge is 0.416 e. The highest BCUT2D eigenvalue weighted by atomic mass is 35.5. The largest absolute Gasteiger partial charge is 0.477 e. The summed E-state index contributed by atoms with van der Waals surface area (Å²) in [5.41, 5.74) is -3.62. The standard InChI is InChI=1S/C15H12F3NO4S.C14H7ClF3NO5/c1-24(21,22)12-6-9(15(16,17)18)4-5-10(12)13(20)11-7-19-23-14(11)8-2-3-8;15-10-5-7(14(16,17)18)1-4-12(10)24-8-2-3-11(19(22)23)9(6-8)13(20)21/h4-8H,2-3H2,1H3;1-6H,(H,20,21). The van der Waals surface area contributed by atoms with Gasteiger partial charge in [0.2, 0.25) is 0 Å². The van der Waals surface area contributed by atoms with E-state index in [-0.39, 0.29) is 33.6 Å². The summed E-state index contributed by atoms with van der Waals surface area (Å²) in [6.45, 7) is 0. The lowest BCUT2D eigenvalue weighted by Crippen LogP contribution is -2.13. The molecule has 1 aliphatic carbocycles. The summed E-state index contributed by atoms with van der Waals surface area (Å²) in [4.78, 5) is 32.9. The Balaban J connectivity index is 0.000000217. The van der Waals surface area contributed by atoms with Crippen LogP contribution >= 0.6 is 11.6 Å². The van der Waals surface area contributed by atoms with E-state index in [1.807, 2.05) is 0 Å². The third kappa shape index (κ3) is 8.29. The maximum Gasteiger partial charge on any atom is 0.416 e. The van der Waals surface area contributed by atoms with Crippen molar-refractivity contribution in [1.29, 1.82) is 0 Å². The highest BCUT2D eigenvalue weighted by Crippen LogP contribution is 2.42. The van der Waals surface area contributed by atoms with Crippen molar-refractivity contribution in [3.8, 4) is 11.5 Å². The molecular formula is C29H19ClF6N2O9S. The molecule has 5 rings (SSSR count). The minimum Gasteiger partial charge on any atom is -0.477 e. The molecule has 0 spiro atoms. The Morgan fingerprint density at radius 2 is 1.56 bits per heavy atom. The average Bonchev–Trinajstić information content (AvgIpc) is 3.71. The lowest BCUT2D eigenvalue weighted by atomic mass is 10.0. The number of aromatic carboxylic acids is 1. The zero-order valence-corrected chi connectivity index (χ0v) is 25.5. The van der Waals surface area contributed by atoms with Crippen LogP contribution < -0.4 is 4.74 Å². The minimum atomic E-state index is -4.71. The Morgan fingerprint density at radius 3 is 2.08 bits per heavy atom. The summed E-state index contributed by atoms with van der Waals surface area (Å²) in [5, 5.41) is 22.9. The zero-order chi connectivity index (χ0) is 35.8. The number of carbonyl (C=O) groups is 2. The Bertz CT molecular complexity index is 2020. The van der Waals surface area contributed by atoms with Gasteiger partial charge >= 0.3 is 18.3 Å². The van der Waals surface area contributed by atoms with Crippen LogP contribution in [-0.4, -0.2) is 41.6 Å². The maximum absolute atomic E-state index is 12.8. The van der Waals surface area contributed by atoms with Gasteiger partial charge in [-0.25, -0.2) is 13.2 Å². The number of hydrogen-bond acceptors (Lipinski definition) is 9. The average molecular weight is 721 g/mol. The van der Waals surface area contributed by atoms with E-state index in [0.29, 0.717) is 24.0 Å². The fraction of sp³-hybridized carbons (Fsp3) is 0.207. The molecule has 4 aromatic rings. The Morgan fingerprint density at radius 1 is 0.958 bits per heavy atom. The van der Waals surface area contributed by atoms with E-state index < -0.39 is 66.1 Å². The van der Waals surface area contributed by atoms with E-state index in [0.717, 1.165) is 55.5 Å². The van der Waals surface area contributed by atoms with Crippen LogP contribution in [-0.2, 0) is 22.2 Å². The number of ketones is 1.